The van der Waals surface area contributed by atoms with Crippen molar-refractivity contribution in [2.45, 2.75) is 37.5 Å². The van der Waals surface area contributed by atoms with Gasteiger partial charge in [0.2, 0.25) is 11.7 Å². The minimum Gasteiger partial charge on any atom is -0.507 e. The van der Waals surface area contributed by atoms with Gasteiger partial charge in [0.15, 0.2) is 11.4 Å². The lowest BCUT2D eigenvalue weighted by molar-refractivity contribution is -0.174. The van der Waals surface area contributed by atoms with Crippen molar-refractivity contribution in [3.8, 4) is 5.75 Å². The number of hydrogen-bond donors (Lipinski definition) is 6. The lowest BCUT2D eigenvalue weighted by atomic mass is 9.56. The Morgan fingerprint density at radius 3 is 2.47 bits per heavy atom. The zero-order valence-corrected chi connectivity index (χ0v) is 21.1. The third kappa shape index (κ3) is 3.74. The van der Waals surface area contributed by atoms with Gasteiger partial charge in [-0.2, -0.15) is 0 Å². The Balaban J connectivity index is 1.61. The molecule has 3 aliphatic carbocycles. The lowest BCUT2D eigenvalue weighted by Crippen LogP contribution is -2.66. The van der Waals surface area contributed by atoms with Crippen molar-refractivity contribution in [2.75, 3.05) is 24.3 Å². The van der Waals surface area contributed by atoms with E-state index in [1.807, 2.05) is 55.4 Å². The zero-order chi connectivity index (χ0) is 27.5. The van der Waals surface area contributed by atoms with Crippen LogP contribution in [0, 0.1) is 17.8 Å². The number of hydrogen-bond acceptors (Lipinski definition) is 9. The number of carbonyl (C=O) groups excluding carboxylic acids is 3. The van der Waals surface area contributed by atoms with Crippen LogP contribution in [0.5, 0.6) is 5.75 Å². The van der Waals surface area contributed by atoms with E-state index in [9.17, 15) is 34.8 Å². The second-order valence-electron chi connectivity index (χ2n) is 10.6. The molecule has 1 amide bonds. The molecule has 5 atom stereocenters. The lowest BCUT2D eigenvalue weighted by Gasteiger charge is -2.48. The minimum absolute atomic E-state index is 0.0810. The van der Waals surface area contributed by atoms with Gasteiger partial charge >= 0.3 is 0 Å². The van der Waals surface area contributed by atoms with Crippen LogP contribution in [0.3, 0.4) is 0 Å². The van der Waals surface area contributed by atoms with E-state index in [4.69, 9.17) is 5.73 Å². The molecule has 2 unspecified atom stereocenters. The van der Waals surface area contributed by atoms with Crippen molar-refractivity contribution in [3.63, 3.8) is 0 Å². The number of ketones is 2. The van der Waals surface area contributed by atoms with Crippen molar-refractivity contribution in [3.05, 3.63) is 58.7 Å². The molecule has 2 saturated carbocycles. The highest BCUT2D eigenvalue weighted by Gasteiger charge is 2.64. The number of phenolic OH excluding ortho intramolecular Hbond substituents is 1. The zero-order valence-electron chi connectivity index (χ0n) is 21.1. The third-order valence-corrected chi connectivity index (χ3v) is 8.18. The van der Waals surface area contributed by atoms with Crippen LogP contribution in [0.4, 0.5) is 11.4 Å². The van der Waals surface area contributed by atoms with E-state index in [1.54, 1.807) is 0 Å². The Hall–Kier alpha value is -3.89. The van der Waals surface area contributed by atoms with Crippen LogP contribution in [0.2, 0.25) is 0 Å². The number of carbonyl (C=O) groups is 3. The van der Waals surface area contributed by atoms with Crippen LogP contribution in [-0.4, -0.2) is 63.7 Å². The number of aliphatic hydroxyl groups excluding tert-OH is 2. The molecule has 200 valence electrons. The largest absolute Gasteiger partial charge is 0.507 e. The molecule has 0 radical (unpaired) electrons. The number of para-hydroxylation sites is 1. The molecule has 0 saturated heterocycles. The molecule has 3 aliphatic rings. The highest BCUT2D eigenvalue weighted by molar-refractivity contribution is 6.24. The highest BCUT2D eigenvalue weighted by Crippen LogP contribution is 2.53. The van der Waals surface area contributed by atoms with Crippen LogP contribution in [-0.2, 0) is 27.3 Å². The van der Waals surface area contributed by atoms with Crippen LogP contribution >= 0.6 is 0 Å². The minimum atomic E-state index is -2.59. The van der Waals surface area contributed by atoms with Gasteiger partial charge in [0.1, 0.15) is 17.4 Å². The van der Waals surface area contributed by atoms with Gasteiger partial charge in [0.05, 0.1) is 11.7 Å². The molecule has 10 heteroatoms. The van der Waals surface area contributed by atoms with Gasteiger partial charge in [-0.05, 0) is 48.9 Å². The predicted octanol–water partition coefficient (Wildman–Crippen LogP) is 1.27. The topological polar surface area (TPSA) is 173 Å². The smallest absolute Gasteiger partial charge is 0.230 e. The molecular weight excluding hydrogens is 490 g/mol. The Labute approximate surface area is 219 Å². The van der Waals surface area contributed by atoms with Crippen molar-refractivity contribution >= 4 is 34.6 Å². The summed E-state index contributed by atoms with van der Waals surface area (Å²) < 4.78 is 0. The third-order valence-electron chi connectivity index (χ3n) is 8.18. The standard InChI is InChI=1S/C28H31N3O7/c1-31(2)18-10-14(12-30-16-6-4-3-5-7-16)23(33)21-17(18)9-13-8-15-11-19(32)22(27(29)37)26(36)28(15,38)25(35)20(13)24(21)34/h3-7,10,13,15,19,22,30,32-34,38H,8-9,11-12H2,1-2H3,(H2,29,37)/t13-,15+,19?,22?,28+/m1/s1. The molecule has 38 heavy (non-hydrogen) atoms. The number of rotatable bonds is 5. The summed E-state index contributed by atoms with van der Waals surface area (Å²) in [5, 5.41) is 47.8. The number of nitrogens with two attached hydrogens (primary N) is 1. The molecule has 5 rings (SSSR count). The van der Waals surface area contributed by atoms with E-state index >= 15 is 0 Å². The number of benzene rings is 2. The van der Waals surface area contributed by atoms with Gasteiger partial charge in [-0.1, -0.05) is 18.2 Å². The fourth-order valence-corrected chi connectivity index (χ4v) is 6.31. The van der Waals surface area contributed by atoms with Gasteiger partial charge in [-0.25, -0.2) is 0 Å². The first-order valence-electron chi connectivity index (χ1n) is 12.5. The van der Waals surface area contributed by atoms with Crippen molar-refractivity contribution in [2.24, 2.45) is 23.5 Å². The van der Waals surface area contributed by atoms with Gasteiger partial charge in [0, 0.05) is 49.1 Å². The Morgan fingerprint density at radius 2 is 1.84 bits per heavy atom. The Bertz CT molecular complexity index is 1370. The quantitative estimate of drug-likeness (QED) is 0.317. The van der Waals surface area contributed by atoms with E-state index in [0.717, 1.165) is 11.4 Å². The second kappa shape index (κ2) is 9.14. The summed E-state index contributed by atoms with van der Waals surface area (Å²) in [6.45, 7) is 0.229. The summed E-state index contributed by atoms with van der Waals surface area (Å²) in [6.07, 6.45) is -1.17. The van der Waals surface area contributed by atoms with Gasteiger partial charge in [-0.15, -0.1) is 0 Å². The number of aliphatic hydroxyl groups is 3. The predicted molar refractivity (Wildman–Crippen MR) is 139 cm³/mol. The number of anilines is 2. The molecule has 0 spiro atoms. The van der Waals surface area contributed by atoms with Crippen molar-refractivity contribution in [1.82, 2.24) is 0 Å². The second-order valence-corrected chi connectivity index (χ2v) is 10.6. The van der Waals surface area contributed by atoms with Gasteiger partial charge < -0.3 is 36.4 Å². The summed E-state index contributed by atoms with van der Waals surface area (Å²) in [7, 11) is 3.67. The number of Topliss-reactive ketones (excluding diaryl/α,β-unsaturated/α-hetero) is 2. The number of aromatic hydroxyl groups is 1. The first kappa shape index (κ1) is 25.7. The molecule has 2 aromatic carbocycles. The van der Waals surface area contributed by atoms with Crippen LogP contribution < -0.4 is 16.0 Å². The molecule has 2 aromatic rings. The average Bonchev–Trinajstić information content (AvgIpc) is 2.86. The number of amides is 1. The average molecular weight is 522 g/mol. The summed E-state index contributed by atoms with van der Waals surface area (Å²) in [5.41, 5.74) is 5.32. The van der Waals surface area contributed by atoms with Crippen LogP contribution in [0.25, 0.3) is 5.76 Å². The molecule has 0 aliphatic heterocycles. The first-order valence-corrected chi connectivity index (χ1v) is 12.5. The first-order chi connectivity index (χ1) is 18.0. The van der Waals surface area contributed by atoms with E-state index in [2.05, 4.69) is 5.32 Å². The van der Waals surface area contributed by atoms with Crippen LogP contribution in [0.15, 0.2) is 42.0 Å². The number of nitrogens with zero attached hydrogens (tertiary/aromatic N) is 1. The highest BCUT2D eigenvalue weighted by atomic mass is 16.3. The van der Waals surface area contributed by atoms with Gasteiger partial charge in [0.25, 0.3) is 0 Å². The fraction of sp³-hybridized carbons (Fsp3) is 0.393. The number of phenols is 1. The Kier molecular flexibility index (Phi) is 6.19. The van der Waals surface area contributed by atoms with E-state index in [-0.39, 0.29) is 42.7 Å². The van der Waals surface area contributed by atoms with Crippen LogP contribution in [0.1, 0.15) is 29.5 Å². The molecule has 0 aromatic heterocycles. The SMILES string of the molecule is CN(C)c1cc(CNc2ccccc2)c(O)c2c1C[C@H]1C[C@H]3CC(O)C(C(N)=O)C(=O)[C@@]3(O)C(=O)C1=C2O. The summed E-state index contributed by atoms with van der Waals surface area (Å²) in [6, 6.07) is 11.2. The molecule has 0 bridgehead atoms. The van der Waals surface area contributed by atoms with Gasteiger partial charge in [-0.3, -0.25) is 14.4 Å². The summed E-state index contributed by atoms with van der Waals surface area (Å²) in [4.78, 5) is 40.6. The number of nitrogens with one attached hydrogen (secondary N) is 1. The normalized spacial score (nSPS) is 28.3. The molecular formula is C28H31N3O7. The molecule has 10 nitrogen and oxygen atoms in total. The van der Waals surface area contributed by atoms with E-state index in [0.29, 0.717) is 11.1 Å². The molecule has 0 heterocycles. The fourth-order valence-electron chi connectivity index (χ4n) is 6.31. The summed E-state index contributed by atoms with van der Waals surface area (Å²) >= 11 is 0. The maximum Gasteiger partial charge on any atom is 0.230 e. The maximum atomic E-state index is 13.7. The van der Waals surface area contributed by atoms with E-state index < -0.39 is 52.7 Å². The van der Waals surface area contributed by atoms with E-state index in [1.165, 1.54) is 0 Å². The number of primary amides is 1. The molecule has 2 fully saturated rings. The maximum absolute atomic E-state index is 13.7. The Morgan fingerprint density at radius 1 is 1.16 bits per heavy atom. The molecule has 7 N–H and O–H groups in total. The monoisotopic (exact) mass is 521 g/mol. The van der Waals surface area contributed by atoms with Crippen molar-refractivity contribution < 1.29 is 34.8 Å². The number of fused-ring (bicyclic) bond motifs is 3. The summed E-state index contributed by atoms with van der Waals surface area (Å²) in [5.74, 6) is -7.21. The van der Waals surface area contributed by atoms with Crippen molar-refractivity contribution in [1.29, 1.82) is 0 Å².